The molecule has 0 aromatic carbocycles. The van der Waals surface area contributed by atoms with Gasteiger partial charge in [0.1, 0.15) is 17.5 Å². The number of nitrogen functional groups attached to an aromatic ring is 1. The van der Waals surface area contributed by atoms with E-state index in [1.165, 1.54) is 0 Å². The SMILES string of the molecule is CCc1nc(N)cc(NCC(C)(C)CCCO)n1. The van der Waals surface area contributed by atoms with Crippen LogP contribution in [-0.2, 0) is 6.42 Å². The van der Waals surface area contributed by atoms with Crippen LogP contribution in [0.3, 0.4) is 0 Å². The van der Waals surface area contributed by atoms with E-state index in [9.17, 15) is 0 Å². The van der Waals surface area contributed by atoms with Crippen LogP contribution in [0.1, 0.15) is 39.4 Å². The monoisotopic (exact) mass is 252 g/mol. The fraction of sp³-hybridized carbons (Fsp3) is 0.692. The van der Waals surface area contributed by atoms with Crippen molar-refractivity contribution in [1.29, 1.82) is 0 Å². The Hall–Kier alpha value is -1.36. The molecule has 0 spiro atoms. The van der Waals surface area contributed by atoms with Gasteiger partial charge in [0, 0.05) is 25.6 Å². The van der Waals surface area contributed by atoms with Gasteiger partial charge in [0.25, 0.3) is 0 Å². The average Bonchev–Trinajstić information content (AvgIpc) is 2.33. The molecule has 0 saturated heterocycles. The van der Waals surface area contributed by atoms with E-state index in [2.05, 4.69) is 29.1 Å². The highest BCUT2D eigenvalue weighted by molar-refractivity contribution is 5.44. The summed E-state index contributed by atoms with van der Waals surface area (Å²) in [6.45, 7) is 7.38. The van der Waals surface area contributed by atoms with Crippen LogP contribution < -0.4 is 11.1 Å². The fourth-order valence-corrected chi connectivity index (χ4v) is 1.74. The van der Waals surface area contributed by atoms with Crippen LogP contribution in [-0.4, -0.2) is 28.2 Å². The highest BCUT2D eigenvalue weighted by Crippen LogP contribution is 2.22. The topological polar surface area (TPSA) is 84.1 Å². The minimum Gasteiger partial charge on any atom is -0.396 e. The van der Waals surface area contributed by atoms with Crippen molar-refractivity contribution in [2.45, 2.75) is 40.0 Å². The smallest absolute Gasteiger partial charge is 0.132 e. The van der Waals surface area contributed by atoms with Gasteiger partial charge in [0.05, 0.1) is 0 Å². The van der Waals surface area contributed by atoms with Crippen LogP contribution in [0, 0.1) is 5.41 Å². The molecule has 102 valence electrons. The third kappa shape index (κ3) is 4.87. The zero-order chi connectivity index (χ0) is 13.6. The van der Waals surface area contributed by atoms with Gasteiger partial charge in [-0.3, -0.25) is 0 Å². The number of aryl methyl sites for hydroxylation is 1. The largest absolute Gasteiger partial charge is 0.396 e. The minimum absolute atomic E-state index is 0.120. The molecule has 0 saturated carbocycles. The molecule has 5 nitrogen and oxygen atoms in total. The Kier molecular flexibility index (Phi) is 5.34. The molecular weight excluding hydrogens is 228 g/mol. The summed E-state index contributed by atoms with van der Waals surface area (Å²) in [5.41, 5.74) is 5.85. The third-order valence-corrected chi connectivity index (χ3v) is 2.87. The van der Waals surface area contributed by atoms with Gasteiger partial charge in [-0.25, -0.2) is 9.97 Å². The van der Waals surface area contributed by atoms with E-state index in [1.54, 1.807) is 6.07 Å². The molecular formula is C13H24N4O. The van der Waals surface area contributed by atoms with Crippen LogP contribution in [0.5, 0.6) is 0 Å². The number of hydrogen-bond acceptors (Lipinski definition) is 5. The molecule has 0 aliphatic carbocycles. The molecule has 0 atom stereocenters. The van der Waals surface area contributed by atoms with Gasteiger partial charge in [0.15, 0.2) is 0 Å². The van der Waals surface area contributed by atoms with Gasteiger partial charge in [0.2, 0.25) is 0 Å². The maximum Gasteiger partial charge on any atom is 0.132 e. The van der Waals surface area contributed by atoms with Crippen LogP contribution in [0.15, 0.2) is 6.07 Å². The molecule has 1 aromatic heterocycles. The molecule has 1 heterocycles. The average molecular weight is 252 g/mol. The normalized spacial score (nSPS) is 11.6. The fourth-order valence-electron chi connectivity index (χ4n) is 1.74. The van der Waals surface area contributed by atoms with Gasteiger partial charge in [-0.15, -0.1) is 0 Å². The standard InChI is InChI=1S/C13H24N4O/c1-4-11-16-10(14)8-12(17-11)15-9-13(2,3)6-5-7-18/h8,18H,4-7,9H2,1-3H3,(H3,14,15,16,17). The molecule has 0 bridgehead atoms. The summed E-state index contributed by atoms with van der Waals surface area (Å²) in [7, 11) is 0. The van der Waals surface area contributed by atoms with Gasteiger partial charge >= 0.3 is 0 Å². The quantitative estimate of drug-likeness (QED) is 0.689. The molecule has 0 aliphatic rings. The number of rotatable bonds is 7. The Morgan fingerprint density at radius 3 is 2.72 bits per heavy atom. The molecule has 0 unspecified atom stereocenters. The van der Waals surface area contributed by atoms with Crippen molar-refractivity contribution >= 4 is 11.6 Å². The predicted molar refractivity (Wildman–Crippen MR) is 74.4 cm³/mol. The first kappa shape index (κ1) is 14.7. The summed E-state index contributed by atoms with van der Waals surface area (Å²) in [4.78, 5) is 8.52. The third-order valence-electron chi connectivity index (χ3n) is 2.87. The second kappa shape index (κ2) is 6.54. The van der Waals surface area contributed by atoms with Crippen molar-refractivity contribution < 1.29 is 5.11 Å². The molecule has 18 heavy (non-hydrogen) atoms. The molecule has 0 amide bonds. The number of nitrogens with two attached hydrogens (primary N) is 1. The van der Waals surface area contributed by atoms with E-state index >= 15 is 0 Å². The first-order chi connectivity index (χ1) is 8.46. The van der Waals surface area contributed by atoms with E-state index in [-0.39, 0.29) is 12.0 Å². The number of aliphatic hydroxyl groups excluding tert-OH is 1. The Morgan fingerprint density at radius 1 is 1.39 bits per heavy atom. The minimum atomic E-state index is 0.120. The molecule has 5 heteroatoms. The van der Waals surface area contributed by atoms with E-state index in [0.717, 1.165) is 37.4 Å². The lowest BCUT2D eigenvalue weighted by Gasteiger charge is -2.25. The Bertz CT molecular complexity index is 379. The highest BCUT2D eigenvalue weighted by Gasteiger charge is 2.17. The summed E-state index contributed by atoms with van der Waals surface area (Å²) in [6.07, 6.45) is 2.56. The van der Waals surface area contributed by atoms with Crippen LogP contribution in [0.4, 0.5) is 11.6 Å². The van der Waals surface area contributed by atoms with Crippen molar-refractivity contribution in [1.82, 2.24) is 9.97 Å². The molecule has 1 aromatic rings. The van der Waals surface area contributed by atoms with E-state index in [0.29, 0.717) is 5.82 Å². The maximum absolute atomic E-state index is 8.86. The second-order valence-corrected chi connectivity index (χ2v) is 5.29. The summed E-state index contributed by atoms with van der Waals surface area (Å²) < 4.78 is 0. The Balaban J connectivity index is 2.59. The number of aromatic nitrogens is 2. The van der Waals surface area contributed by atoms with E-state index in [4.69, 9.17) is 10.8 Å². The lowest BCUT2D eigenvalue weighted by atomic mass is 9.88. The summed E-state index contributed by atoms with van der Waals surface area (Å²) in [6, 6.07) is 1.75. The van der Waals surface area contributed by atoms with Gasteiger partial charge in [-0.05, 0) is 18.3 Å². The van der Waals surface area contributed by atoms with Crippen molar-refractivity contribution in [2.24, 2.45) is 5.41 Å². The zero-order valence-electron chi connectivity index (χ0n) is 11.5. The summed E-state index contributed by atoms with van der Waals surface area (Å²) >= 11 is 0. The number of nitrogens with zero attached hydrogens (tertiary/aromatic N) is 2. The Labute approximate surface area is 109 Å². The molecule has 0 fully saturated rings. The van der Waals surface area contributed by atoms with Gasteiger partial charge in [-0.2, -0.15) is 0 Å². The number of aliphatic hydroxyl groups is 1. The summed E-state index contributed by atoms with van der Waals surface area (Å²) in [5, 5.41) is 12.2. The molecule has 4 N–H and O–H groups in total. The zero-order valence-corrected chi connectivity index (χ0v) is 11.5. The van der Waals surface area contributed by atoms with Crippen LogP contribution >= 0.6 is 0 Å². The van der Waals surface area contributed by atoms with Gasteiger partial charge in [-0.1, -0.05) is 20.8 Å². The number of hydrogen-bond donors (Lipinski definition) is 3. The second-order valence-electron chi connectivity index (χ2n) is 5.29. The van der Waals surface area contributed by atoms with E-state index in [1.807, 2.05) is 6.92 Å². The molecule has 1 rings (SSSR count). The van der Waals surface area contributed by atoms with Crippen molar-refractivity contribution in [3.8, 4) is 0 Å². The maximum atomic E-state index is 8.86. The highest BCUT2D eigenvalue weighted by atomic mass is 16.2. The predicted octanol–water partition coefficient (Wildman–Crippen LogP) is 1.83. The summed E-state index contributed by atoms with van der Waals surface area (Å²) in [5.74, 6) is 2.03. The van der Waals surface area contributed by atoms with Crippen molar-refractivity contribution in [3.05, 3.63) is 11.9 Å². The Morgan fingerprint density at radius 2 is 2.11 bits per heavy atom. The van der Waals surface area contributed by atoms with E-state index < -0.39 is 0 Å². The number of nitrogens with one attached hydrogen (secondary N) is 1. The lowest BCUT2D eigenvalue weighted by Crippen LogP contribution is -2.24. The molecule has 0 aliphatic heterocycles. The lowest BCUT2D eigenvalue weighted by molar-refractivity contribution is 0.248. The van der Waals surface area contributed by atoms with Gasteiger partial charge < -0.3 is 16.2 Å². The van der Waals surface area contributed by atoms with Crippen molar-refractivity contribution in [2.75, 3.05) is 24.2 Å². The van der Waals surface area contributed by atoms with Crippen molar-refractivity contribution in [3.63, 3.8) is 0 Å². The first-order valence-electron chi connectivity index (χ1n) is 6.45. The van der Waals surface area contributed by atoms with Crippen LogP contribution in [0.25, 0.3) is 0 Å². The molecule has 0 radical (unpaired) electrons. The van der Waals surface area contributed by atoms with Crippen LogP contribution in [0.2, 0.25) is 0 Å². The number of anilines is 2. The first-order valence-corrected chi connectivity index (χ1v) is 6.45.